The van der Waals surface area contributed by atoms with E-state index < -0.39 is 11.7 Å². The van der Waals surface area contributed by atoms with Gasteiger partial charge in [0, 0.05) is 49.5 Å². The van der Waals surface area contributed by atoms with Gasteiger partial charge in [-0.15, -0.1) is 0 Å². The molecule has 168 valence electrons. The number of nitrogens with one attached hydrogen (secondary N) is 2. The summed E-state index contributed by atoms with van der Waals surface area (Å²) in [5.74, 6) is -0.0490. The summed E-state index contributed by atoms with van der Waals surface area (Å²) in [6, 6.07) is 6.05. The zero-order valence-electron chi connectivity index (χ0n) is 17.1. The van der Waals surface area contributed by atoms with Crippen molar-refractivity contribution in [2.75, 3.05) is 37.7 Å². The van der Waals surface area contributed by atoms with E-state index in [9.17, 15) is 22.8 Å². The number of fused-ring (bicyclic) bond motifs is 1. The summed E-state index contributed by atoms with van der Waals surface area (Å²) in [7, 11) is 0. The molecule has 1 fully saturated rings. The molecular formula is C21H25F3N4O3. The molecule has 7 nitrogen and oxygen atoms in total. The number of hydrogen-bond donors (Lipinski definition) is 2. The zero-order valence-corrected chi connectivity index (χ0v) is 17.1. The average Bonchev–Trinajstić information content (AvgIpc) is 2.73. The number of carbonyl (C=O) groups excluding carboxylic acids is 2. The smallest absolute Gasteiger partial charge is 0.418 e. The fraction of sp³-hybridized carbons (Fsp3) is 0.476. The molecule has 3 rings (SSSR count). The van der Waals surface area contributed by atoms with Gasteiger partial charge in [-0.05, 0) is 36.6 Å². The van der Waals surface area contributed by atoms with Crippen molar-refractivity contribution in [3.8, 4) is 0 Å². The minimum Gasteiger partial charge on any atom is -0.458 e. The lowest BCUT2D eigenvalue weighted by Gasteiger charge is -2.39. The summed E-state index contributed by atoms with van der Waals surface area (Å²) in [6.45, 7) is 4.26. The largest absolute Gasteiger partial charge is 0.458 e. The number of anilines is 1. The number of aromatic nitrogens is 1. The highest BCUT2D eigenvalue weighted by atomic mass is 19.4. The molecule has 1 amide bonds. The van der Waals surface area contributed by atoms with E-state index in [0.717, 1.165) is 24.7 Å². The van der Waals surface area contributed by atoms with Gasteiger partial charge in [0.15, 0.2) is 6.61 Å². The second-order valence-electron chi connectivity index (χ2n) is 7.68. The van der Waals surface area contributed by atoms with Crippen LogP contribution < -0.4 is 15.5 Å². The average molecular weight is 438 g/mol. The Hall–Kier alpha value is -2.88. The van der Waals surface area contributed by atoms with Gasteiger partial charge in [0.1, 0.15) is 0 Å². The van der Waals surface area contributed by atoms with Crippen LogP contribution in [0.15, 0.2) is 30.5 Å². The van der Waals surface area contributed by atoms with E-state index in [2.05, 4.69) is 32.2 Å². The van der Waals surface area contributed by atoms with Crippen LogP contribution in [-0.2, 0) is 20.5 Å². The summed E-state index contributed by atoms with van der Waals surface area (Å²) in [6.07, 6.45) is -2.18. The van der Waals surface area contributed by atoms with Gasteiger partial charge in [-0.2, -0.15) is 13.2 Å². The standard InChI is InChI=1S/C21H25F3N4O3/c1-14-9-15(25-7-8-26-19(30)12-31-13-29)11-28(10-14)18-5-4-17(21(22,23)24)20-16(18)3-2-6-27-20/h2-6,13-15,25H,7-12H2,1H3,(H,26,30)/t14-,15+/m0/s1. The lowest BCUT2D eigenvalue weighted by molar-refractivity contribution is -0.137. The number of amides is 1. The molecule has 0 unspecified atom stereocenters. The maximum atomic E-state index is 13.4. The predicted molar refractivity (Wildman–Crippen MR) is 110 cm³/mol. The number of piperidine rings is 1. The van der Waals surface area contributed by atoms with Gasteiger partial charge in [-0.25, -0.2) is 0 Å². The zero-order chi connectivity index (χ0) is 22.4. The van der Waals surface area contributed by atoms with Crippen LogP contribution in [0.2, 0.25) is 0 Å². The highest BCUT2D eigenvalue weighted by molar-refractivity contribution is 5.94. The van der Waals surface area contributed by atoms with Gasteiger partial charge < -0.3 is 20.3 Å². The Morgan fingerprint density at radius 1 is 1.29 bits per heavy atom. The van der Waals surface area contributed by atoms with E-state index in [1.807, 2.05) is 0 Å². The number of halogens is 3. The van der Waals surface area contributed by atoms with Gasteiger partial charge in [-0.3, -0.25) is 14.6 Å². The number of ether oxygens (including phenoxy) is 1. The molecule has 0 radical (unpaired) electrons. The second kappa shape index (κ2) is 9.95. The van der Waals surface area contributed by atoms with E-state index in [0.29, 0.717) is 30.9 Å². The first-order chi connectivity index (χ1) is 14.8. The third-order valence-electron chi connectivity index (χ3n) is 5.22. The molecule has 1 saturated heterocycles. The monoisotopic (exact) mass is 438 g/mol. The Morgan fingerprint density at radius 2 is 2.10 bits per heavy atom. The maximum Gasteiger partial charge on any atom is 0.418 e. The molecule has 0 aliphatic carbocycles. The first kappa shape index (κ1) is 22.8. The molecule has 2 heterocycles. The number of hydrogen-bond acceptors (Lipinski definition) is 6. The van der Waals surface area contributed by atoms with Crippen LogP contribution >= 0.6 is 0 Å². The third kappa shape index (κ3) is 5.84. The minimum absolute atomic E-state index is 0.0458. The first-order valence-corrected chi connectivity index (χ1v) is 10.0. The van der Waals surface area contributed by atoms with Crippen LogP contribution in [0, 0.1) is 5.92 Å². The van der Waals surface area contributed by atoms with E-state index in [1.165, 1.54) is 12.3 Å². The molecule has 1 aromatic heterocycles. The topological polar surface area (TPSA) is 83.6 Å². The normalized spacial score (nSPS) is 19.3. The molecule has 1 aromatic carbocycles. The van der Waals surface area contributed by atoms with Crippen molar-refractivity contribution in [2.24, 2.45) is 5.92 Å². The van der Waals surface area contributed by atoms with Crippen LogP contribution in [0.5, 0.6) is 0 Å². The summed E-state index contributed by atoms with van der Waals surface area (Å²) in [4.78, 5) is 27.6. The van der Waals surface area contributed by atoms with E-state index in [-0.39, 0.29) is 30.5 Å². The molecule has 1 aliphatic heterocycles. The number of carbonyl (C=O) groups is 2. The van der Waals surface area contributed by atoms with Crippen molar-refractivity contribution in [1.29, 1.82) is 0 Å². The number of rotatable bonds is 8. The van der Waals surface area contributed by atoms with Crippen molar-refractivity contribution >= 4 is 29.0 Å². The Kier molecular flexibility index (Phi) is 7.32. The predicted octanol–water partition coefficient (Wildman–Crippen LogP) is 2.35. The highest BCUT2D eigenvalue weighted by Gasteiger charge is 2.34. The van der Waals surface area contributed by atoms with Crippen LogP contribution in [0.1, 0.15) is 18.9 Å². The molecule has 1 aliphatic rings. The van der Waals surface area contributed by atoms with Crippen molar-refractivity contribution in [1.82, 2.24) is 15.6 Å². The number of alkyl halides is 3. The molecule has 31 heavy (non-hydrogen) atoms. The molecule has 10 heteroatoms. The van der Waals surface area contributed by atoms with E-state index in [1.54, 1.807) is 12.1 Å². The van der Waals surface area contributed by atoms with Crippen LogP contribution in [0.4, 0.5) is 18.9 Å². The summed E-state index contributed by atoms with van der Waals surface area (Å²) >= 11 is 0. The lowest BCUT2D eigenvalue weighted by atomic mass is 9.94. The van der Waals surface area contributed by atoms with Crippen molar-refractivity contribution in [3.63, 3.8) is 0 Å². The van der Waals surface area contributed by atoms with E-state index >= 15 is 0 Å². The number of pyridine rings is 1. The third-order valence-corrected chi connectivity index (χ3v) is 5.22. The maximum absolute atomic E-state index is 13.4. The van der Waals surface area contributed by atoms with Gasteiger partial charge in [0.05, 0.1) is 11.1 Å². The molecule has 2 atom stereocenters. The van der Waals surface area contributed by atoms with Crippen LogP contribution in [0.25, 0.3) is 10.9 Å². The van der Waals surface area contributed by atoms with E-state index in [4.69, 9.17) is 0 Å². The molecule has 0 spiro atoms. The molecule has 2 N–H and O–H groups in total. The minimum atomic E-state index is -4.47. The van der Waals surface area contributed by atoms with Crippen molar-refractivity contribution in [3.05, 3.63) is 36.0 Å². The lowest BCUT2D eigenvalue weighted by Crippen LogP contribution is -2.50. The molecule has 0 bridgehead atoms. The highest BCUT2D eigenvalue weighted by Crippen LogP contribution is 2.38. The van der Waals surface area contributed by atoms with Crippen LogP contribution in [0.3, 0.4) is 0 Å². The summed E-state index contributed by atoms with van der Waals surface area (Å²) in [5, 5.41) is 6.51. The van der Waals surface area contributed by atoms with Gasteiger partial charge >= 0.3 is 6.18 Å². The summed E-state index contributed by atoms with van der Waals surface area (Å²) in [5.41, 5.74) is -0.0508. The SMILES string of the molecule is C[C@H]1C[C@@H](NCCNC(=O)COC=O)CN(c2ccc(C(F)(F)F)c3ncccc23)C1. The van der Waals surface area contributed by atoms with Crippen molar-refractivity contribution in [2.45, 2.75) is 25.6 Å². The summed E-state index contributed by atoms with van der Waals surface area (Å²) < 4.78 is 44.6. The quantitative estimate of drug-likeness (QED) is 0.486. The number of benzene rings is 1. The van der Waals surface area contributed by atoms with Gasteiger partial charge in [0.25, 0.3) is 12.4 Å². The molecule has 0 saturated carbocycles. The Balaban J connectivity index is 1.68. The van der Waals surface area contributed by atoms with Crippen molar-refractivity contribution < 1.29 is 27.5 Å². The van der Waals surface area contributed by atoms with Gasteiger partial charge in [0.2, 0.25) is 0 Å². The molecule has 2 aromatic rings. The fourth-order valence-electron chi connectivity index (χ4n) is 4.00. The number of nitrogens with zero attached hydrogens (tertiary/aromatic N) is 2. The Labute approximate surface area is 177 Å². The second-order valence-corrected chi connectivity index (χ2v) is 7.68. The first-order valence-electron chi connectivity index (χ1n) is 10.0. The fourth-order valence-corrected chi connectivity index (χ4v) is 4.00. The van der Waals surface area contributed by atoms with Gasteiger partial charge in [-0.1, -0.05) is 6.92 Å². The van der Waals surface area contributed by atoms with Crippen LogP contribution in [-0.4, -0.2) is 56.2 Å². The Bertz CT molecular complexity index is 922. The Morgan fingerprint density at radius 3 is 2.84 bits per heavy atom. The molecular weight excluding hydrogens is 413 g/mol.